The number of nitriles is 1. The van der Waals surface area contributed by atoms with E-state index in [1.165, 1.54) is 25.3 Å². The van der Waals surface area contributed by atoms with E-state index in [9.17, 15) is 14.9 Å². The molecule has 0 saturated heterocycles. The number of esters is 1. The van der Waals surface area contributed by atoms with Gasteiger partial charge in [0.15, 0.2) is 11.5 Å². The standard InChI is InChI=1S/C33H27ClN2O6/c1-39-31-16-23(8-14-30(31)42-20-22-6-4-3-5-7-22)21-41-29-15-11-27(34)18-25(29)17-26(19-35)32(37)36-28-12-9-24(10-13-28)33(38)40-2/h3-18H,20-21H2,1-2H3,(H,36,37)/b26-17-. The second-order valence-electron chi connectivity index (χ2n) is 8.92. The Kier molecular flexibility index (Phi) is 10.2. The summed E-state index contributed by atoms with van der Waals surface area (Å²) >= 11 is 6.22. The first kappa shape index (κ1) is 29.7. The summed E-state index contributed by atoms with van der Waals surface area (Å²) in [5, 5.41) is 12.8. The lowest BCUT2D eigenvalue weighted by atomic mass is 10.1. The van der Waals surface area contributed by atoms with Gasteiger partial charge in [0.2, 0.25) is 0 Å². The quantitative estimate of drug-likeness (QED) is 0.117. The number of methoxy groups -OCH3 is 2. The number of halogens is 1. The van der Waals surface area contributed by atoms with Gasteiger partial charge in [-0.05, 0) is 71.8 Å². The maximum atomic E-state index is 12.9. The number of ether oxygens (including phenoxy) is 4. The third-order valence-corrected chi connectivity index (χ3v) is 6.30. The molecule has 8 nitrogen and oxygen atoms in total. The number of carbonyl (C=O) groups is 2. The topological polar surface area (TPSA) is 107 Å². The zero-order valence-corrected chi connectivity index (χ0v) is 23.7. The molecular formula is C33H27ClN2O6. The molecule has 0 unspecified atom stereocenters. The minimum absolute atomic E-state index is 0.166. The first-order valence-electron chi connectivity index (χ1n) is 12.8. The number of nitrogens with zero attached hydrogens (tertiary/aromatic N) is 1. The van der Waals surface area contributed by atoms with E-state index in [0.717, 1.165) is 11.1 Å². The van der Waals surface area contributed by atoms with E-state index in [0.29, 0.717) is 45.7 Å². The molecule has 0 spiro atoms. The van der Waals surface area contributed by atoms with Crippen molar-refractivity contribution in [3.8, 4) is 23.3 Å². The average Bonchev–Trinajstić information content (AvgIpc) is 3.02. The Bertz CT molecular complexity index is 1630. The van der Waals surface area contributed by atoms with Crippen molar-refractivity contribution in [3.63, 3.8) is 0 Å². The fourth-order valence-electron chi connectivity index (χ4n) is 3.89. The molecule has 0 radical (unpaired) electrons. The minimum atomic E-state index is -0.634. The zero-order chi connectivity index (χ0) is 29.9. The molecule has 4 aromatic carbocycles. The molecule has 1 amide bonds. The summed E-state index contributed by atoms with van der Waals surface area (Å²) in [4.78, 5) is 24.5. The van der Waals surface area contributed by atoms with Crippen LogP contribution in [-0.2, 0) is 22.7 Å². The zero-order valence-electron chi connectivity index (χ0n) is 22.9. The first-order valence-corrected chi connectivity index (χ1v) is 13.2. The molecule has 9 heteroatoms. The van der Waals surface area contributed by atoms with Gasteiger partial charge >= 0.3 is 5.97 Å². The van der Waals surface area contributed by atoms with Gasteiger partial charge in [-0.2, -0.15) is 5.26 Å². The summed E-state index contributed by atoms with van der Waals surface area (Å²) in [6.45, 7) is 0.583. The van der Waals surface area contributed by atoms with E-state index < -0.39 is 11.9 Å². The Morgan fingerprint density at radius 1 is 0.833 bits per heavy atom. The Morgan fingerprint density at radius 2 is 1.52 bits per heavy atom. The molecule has 0 bridgehead atoms. The normalized spacial score (nSPS) is 10.8. The van der Waals surface area contributed by atoms with Gasteiger partial charge in [0.25, 0.3) is 5.91 Å². The Labute approximate surface area is 248 Å². The van der Waals surface area contributed by atoms with Gasteiger partial charge in [-0.25, -0.2) is 4.79 Å². The van der Waals surface area contributed by atoms with Crippen molar-refractivity contribution >= 4 is 35.2 Å². The van der Waals surface area contributed by atoms with Gasteiger partial charge in [0.1, 0.15) is 30.6 Å². The van der Waals surface area contributed by atoms with E-state index in [2.05, 4.69) is 10.1 Å². The van der Waals surface area contributed by atoms with Crippen molar-refractivity contribution in [1.29, 1.82) is 5.26 Å². The van der Waals surface area contributed by atoms with Crippen LogP contribution in [0.1, 0.15) is 27.0 Å². The summed E-state index contributed by atoms with van der Waals surface area (Å²) in [6, 6.07) is 28.3. The lowest BCUT2D eigenvalue weighted by Gasteiger charge is -2.14. The predicted molar refractivity (Wildman–Crippen MR) is 160 cm³/mol. The summed E-state index contributed by atoms with van der Waals surface area (Å²) in [6.07, 6.45) is 1.40. The van der Waals surface area contributed by atoms with Gasteiger partial charge in [-0.1, -0.05) is 48.0 Å². The number of hydrogen-bond donors (Lipinski definition) is 1. The highest BCUT2D eigenvalue weighted by Crippen LogP contribution is 2.31. The van der Waals surface area contributed by atoms with E-state index in [4.69, 9.17) is 25.8 Å². The van der Waals surface area contributed by atoms with Crippen LogP contribution in [0.25, 0.3) is 6.08 Å². The molecule has 0 saturated carbocycles. The van der Waals surface area contributed by atoms with Gasteiger partial charge in [0, 0.05) is 16.3 Å². The van der Waals surface area contributed by atoms with Crippen LogP contribution in [0, 0.1) is 11.3 Å². The molecule has 212 valence electrons. The van der Waals surface area contributed by atoms with Gasteiger partial charge in [0.05, 0.1) is 19.8 Å². The van der Waals surface area contributed by atoms with Gasteiger partial charge < -0.3 is 24.3 Å². The first-order chi connectivity index (χ1) is 20.4. The molecule has 1 N–H and O–H groups in total. The van der Waals surface area contributed by atoms with Crippen LogP contribution in [0.15, 0.2) is 96.6 Å². The van der Waals surface area contributed by atoms with Crippen molar-refractivity contribution in [2.24, 2.45) is 0 Å². The highest BCUT2D eigenvalue weighted by molar-refractivity contribution is 6.30. The second-order valence-corrected chi connectivity index (χ2v) is 9.36. The van der Waals surface area contributed by atoms with E-state index >= 15 is 0 Å². The maximum Gasteiger partial charge on any atom is 0.337 e. The lowest BCUT2D eigenvalue weighted by Crippen LogP contribution is -2.13. The fourth-order valence-corrected chi connectivity index (χ4v) is 4.07. The number of anilines is 1. The summed E-state index contributed by atoms with van der Waals surface area (Å²) < 4.78 is 22.2. The minimum Gasteiger partial charge on any atom is -0.493 e. The lowest BCUT2D eigenvalue weighted by molar-refractivity contribution is -0.112. The number of amides is 1. The third-order valence-electron chi connectivity index (χ3n) is 6.06. The van der Waals surface area contributed by atoms with Gasteiger partial charge in [-0.15, -0.1) is 0 Å². The van der Waals surface area contributed by atoms with Crippen LogP contribution in [-0.4, -0.2) is 26.1 Å². The molecule has 4 rings (SSSR count). The Balaban J connectivity index is 1.46. The molecule has 0 fully saturated rings. The molecule has 0 aromatic heterocycles. The largest absolute Gasteiger partial charge is 0.493 e. The van der Waals surface area contributed by atoms with Crippen molar-refractivity contribution in [2.45, 2.75) is 13.2 Å². The molecule has 0 aliphatic carbocycles. The summed E-state index contributed by atoms with van der Waals surface area (Å²) in [5.41, 5.74) is 2.88. The molecule has 0 aliphatic heterocycles. The summed E-state index contributed by atoms with van der Waals surface area (Å²) in [7, 11) is 2.85. The Morgan fingerprint density at radius 3 is 2.21 bits per heavy atom. The van der Waals surface area contributed by atoms with Crippen LogP contribution in [0.3, 0.4) is 0 Å². The number of carbonyl (C=O) groups excluding carboxylic acids is 2. The smallest absolute Gasteiger partial charge is 0.337 e. The Hall–Kier alpha value is -5.26. The van der Waals surface area contributed by atoms with Crippen LogP contribution in [0.2, 0.25) is 5.02 Å². The molecule has 42 heavy (non-hydrogen) atoms. The van der Waals surface area contributed by atoms with Crippen molar-refractivity contribution in [2.75, 3.05) is 19.5 Å². The highest BCUT2D eigenvalue weighted by atomic mass is 35.5. The van der Waals surface area contributed by atoms with Crippen molar-refractivity contribution < 1.29 is 28.5 Å². The molecule has 0 heterocycles. The molecule has 0 aliphatic rings. The third kappa shape index (κ3) is 7.90. The van der Waals surface area contributed by atoms with E-state index in [-0.39, 0.29) is 12.2 Å². The van der Waals surface area contributed by atoms with Gasteiger partial charge in [-0.3, -0.25) is 4.79 Å². The monoisotopic (exact) mass is 582 g/mol. The highest BCUT2D eigenvalue weighted by Gasteiger charge is 2.14. The SMILES string of the molecule is COC(=O)c1ccc(NC(=O)/C(C#N)=C\c2cc(Cl)ccc2OCc2ccc(OCc3ccccc3)c(OC)c2)cc1. The van der Waals surface area contributed by atoms with Crippen LogP contribution >= 0.6 is 11.6 Å². The molecular weight excluding hydrogens is 556 g/mol. The number of rotatable bonds is 11. The van der Waals surface area contributed by atoms with E-state index in [1.807, 2.05) is 54.6 Å². The van der Waals surface area contributed by atoms with Crippen LogP contribution in [0.5, 0.6) is 17.2 Å². The predicted octanol–water partition coefficient (Wildman–Crippen LogP) is 6.84. The second kappa shape index (κ2) is 14.4. The number of benzene rings is 4. The van der Waals surface area contributed by atoms with Crippen LogP contribution < -0.4 is 19.5 Å². The number of nitrogens with one attached hydrogen (secondary N) is 1. The van der Waals surface area contributed by atoms with Crippen molar-refractivity contribution in [1.82, 2.24) is 0 Å². The number of hydrogen-bond acceptors (Lipinski definition) is 7. The van der Waals surface area contributed by atoms with E-state index in [1.54, 1.807) is 37.4 Å². The average molecular weight is 583 g/mol. The maximum absolute atomic E-state index is 12.9. The molecule has 4 aromatic rings. The van der Waals surface area contributed by atoms with Crippen LogP contribution in [0.4, 0.5) is 5.69 Å². The van der Waals surface area contributed by atoms with Crippen molar-refractivity contribution in [3.05, 3.63) is 124 Å². The fraction of sp³-hybridized carbons (Fsp3) is 0.121. The summed E-state index contributed by atoms with van der Waals surface area (Å²) in [5.74, 6) is 0.455. The molecule has 0 atom stereocenters.